The molecule has 3 aromatic carbocycles. The Morgan fingerprint density at radius 2 is 1.75 bits per heavy atom. The molecule has 188 valence electrons. The van der Waals surface area contributed by atoms with E-state index in [1.165, 1.54) is 75.8 Å². The van der Waals surface area contributed by atoms with Crippen LogP contribution in [0.1, 0.15) is 6.42 Å². The Morgan fingerprint density at radius 1 is 0.850 bits per heavy atom. The van der Waals surface area contributed by atoms with E-state index in [1.54, 1.807) is 0 Å². The number of allylic oxidation sites excluding steroid dienone is 8. The van der Waals surface area contributed by atoms with Crippen LogP contribution >= 0.6 is 23.1 Å². The largest absolute Gasteiger partial charge is 0.321 e. The van der Waals surface area contributed by atoms with Crippen LogP contribution in [0, 0.1) is 0 Å². The minimum atomic E-state index is 0.184. The molecule has 0 radical (unpaired) electrons. The monoisotopic (exact) mass is 547 g/mol. The van der Waals surface area contributed by atoms with Gasteiger partial charge in [0.2, 0.25) is 17.1 Å². The standard InChI is InChI=1S/C36H23N2S2/c1-5-14-32-22(8-1)26-18-21(16-17-34(26)39-32)37-28-11-3-4-12-29(28)38-31-19-27-23-9-2-6-15-33(23)40-35(27)20-25(31)24-10-7-13-30(37)36(24)38/h1-18,20,33,36H,19H2/q+1. The Balaban J connectivity index is 1.20. The number of thioether (sulfide) groups is 1. The van der Waals surface area contributed by atoms with Gasteiger partial charge < -0.3 is 4.90 Å². The van der Waals surface area contributed by atoms with Crippen LogP contribution in [0.25, 0.3) is 20.2 Å². The van der Waals surface area contributed by atoms with E-state index in [1.807, 2.05) is 23.1 Å². The van der Waals surface area contributed by atoms with E-state index in [4.69, 9.17) is 0 Å². The minimum Gasteiger partial charge on any atom is -0.321 e. The molecule has 0 spiro atoms. The molecule has 0 saturated carbocycles. The lowest BCUT2D eigenvalue weighted by Gasteiger charge is -2.34. The number of hydrogen-bond donors (Lipinski definition) is 0. The van der Waals surface area contributed by atoms with Crippen LogP contribution in [-0.2, 0) is 0 Å². The fourth-order valence-corrected chi connectivity index (χ4v) is 9.77. The number of thiophene rings is 1. The van der Waals surface area contributed by atoms with Gasteiger partial charge in [-0.25, -0.2) is 0 Å². The minimum absolute atomic E-state index is 0.184. The molecule has 0 bridgehead atoms. The first kappa shape index (κ1) is 21.7. The molecule has 4 aromatic rings. The lowest BCUT2D eigenvalue weighted by molar-refractivity contribution is 0.852. The van der Waals surface area contributed by atoms with Gasteiger partial charge >= 0.3 is 0 Å². The fraction of sp³-hybridized carbons (Fsp3) is 0.0833. The highest BCUT2D eigenvalue weighted by Crippen LogP contribution is 2.56. The highest BCUT2D eigenvalue weighted by molar-refractivity contribution is 8.04. The van der Waals surface area contributed by atoms with Gasteiger partial charge in [-0.05, 0) is 41.0 Å². The van der Waals surface area contributed by atoms with Crippen LogP contribution in [-0.4, -0.2) is 17.0 Å². The molecule has 0 amide bonds. The lowest BCUT2D eigenvalue weighted by Crippen LogP contribution is -2.45. The molecule has 3 aliphatic carbocycles. The Hall–Kier alpha value is -4.12. The Kier molecular flexibility index (Phi) is 4.20. The molecule has 4 heteroatoms. The highest BCUT2D eigenvalue weighted by Gasteiger charge is 2.50. The van der Waals surface area contributed by atoms with Gasteiger partial charge in [0, 0.05) is 67.0 Å². The third-order valence-corrected chi connectivity index (χ3v) is 11.5. The summed E-state index contributed by atoms with van der Waals surface area (Å²) in [4.78, 5) is 4.10. The SMILES string of the molecule is C1=CC2=C3CC4=C(C=C3SC2C=C1)C1=CC=CC2=[N+](c3ccc5sc6ccccc6c5c3)c3ccccc3N4C12. The van der Waals surface area contributed by atoms with E-state index in [0.717, 1.165) is 6.42 Å². The summed E-state index contributed by atoms with van der Waals surface area (Å²) in [5.41, 5.74) is 12.4. The van der Waals surface area contributed by atoms with Gasteiger partial charge in [0.25, 0.3) is 0 Å². The van der Waals surface area contributed by atoms with E-state index in [9.17, 15) is 0 Å². The van der Waals surface area contributed by atoms with E-state index < -0.39 is 0 Å². The number of rotatable bonds is 1. The molecular weight excluding hydrogens is 525 g/mol. The normalized spacial score (nSPS) is 23.4. The number of fused-ring (bicyclic) bond motifs is 9. The maximum Gasteiger partial charge on any atom is 0.235 e. The topological polar surface area (TPSA) is 6.25 Å². The van der Waals surface area contributed by atoms with Crippen molar-refractivity contribution in [3.05, 3.63) is 148 Å². The first-order chi connectivity index (χ1) is 19.8. The average Bonchev–Trinajstić information content (AvgIpc) is 3.66. The fourth-order valence-electron chi connectivity index (χ4n) is 7.38. The van der Waals surface area contributed by atoms with Crippen molar-refractivity contribution in [1.82, 2.24) is 4.58 Å². The zero-order valence-electron chi connectivity index (χ0n) is 21.5. The second-order valence-corrected chi connectivity index (χ2v) is 13.3. The van der Waals surface area contributed by atoms with Crippen LogP contribution in [0.5, 0.6) is 0 Å². The average molecular weight is 548 g/mol. The molecule has 0 N–H and O–H groups in total. The molecule has 4 heterocycles. The highest BCUT2D eigenvalue weighted by atomic mass is 32.2. The summed E-state index contributed by atoms with van der Waals surface area (Å²) >= 11 is 3.89. The smallest absolute Gasteiger partial charge is 0.235 e. The van der Waals surface area contributed by atoms with Crippen molar-refractivity contribution >= 4 is 66.0 Å². The summed E-state index contributed by atoms with van der Waals surface area (Å²) in [7, 11) is 0. The summed E-state index contributed by atoms with van der Waals surface area (Å²) in [5.74, 6) is 0. The van der Waals surface area contributed by atoms with Gasteiger partial charge in [0.15, 0.2) is 0 Å². The van der Waals surface area contributed by atoms with Crippen molar-refractivity contribution in [2.24, 2.45) is 0 Å². The second-order valence-electron chi connectivity index (χ2n) is 11.0. The Morgan fingerprint density at radius 3 is 2.75 bits per heavy atom. The molecule has 40 heavy (non-hydrogen) atoms. The third kappa shape index (κ3) is 2.73. The van der Waals surface area contributed by atoms with Crippen LogP contribution in [0.15, 0.2) is 148 Å². The van der Waals surface area contributed by atoms with Crippen LogP contribution in [0.2, 0.25) is 0 Å². The van der Waals surface area contributed by atoms with Crippen molar-refractivity contribution in [1.29, 1.82) is 0 Å². The molecule has 0 saturated heterocycles. The van der Waals surface area contributed by atoms with Gasteiger partial charge in [-0.15, -0.1) is 23.1 Å². The van der Waals surface area contributed by atoms with E-state index in [2.05, 4.69) is 125 Å². The third-order valence-electron chi connectivity index (χ3n) is 9.05. The van der Waals surface area contributed by atoms with Gasteiger partial charge in [0.1, 0.15) is 11.7 Å². The van der Waals surface area contributed by atoms with Crippen LogP contribution in [0.4, 0.5) is 17.1 Å². The number of benzene rings is 3. The van der Waals surface area contributed by atoms with E-state index >= 15 is 0 Å². The van der Waals surface area contributed by atoms with Crippen molar-refractivity contribution in [3.63, 3.8) is 0 Å². The summed E-state index contributed by atoms with van der Waals surface area (Å²) in [6.45, 7) is 0. The van der Waals surface area contributed by atoms with Crippen molar-refractivity contribution in [3.8, 4) is 0 Å². The number of nitrogens with zero attached hydrogens (tertiary/aromatic N) is 2. The summed E-state index contributed by atoms with van der Waals surface area (Å²) < 4.78 is 5.20. The number of anilines is 1. The Labute approximate surface area is 240 Å². The van der Waals surface area contributed by atoms with E-state index in [0.29, 0.717) is 5.25 Å². The number of para-hydroxylation sites is 2. The molecule has 6 aliphatic rings. The zero-order valence-corrected chi connectivity index (χ0v) is 23.2. The molecule has 10 rings (SSSR count). The van der Waals surface area contributed by atoms with Crippen molar-refractivity contribution in [2.45, 2.75) is 17.7 Å². The number of hydrogen-bond acceptors (Lipinski definition) is 3. The van der Waals surface area contributed by atoms with Crippen molar-refractivity contribution < 1.29 is 0 Å². The lowest BCUT2D eigenvalue weighted by atomic mass is 9.88. The molecule has 3 aliphatic heterocycles. The first-order valence-electron chi connectivity index (χ1n) is 13.9. The van der Waals surface area contributed by atoms with Gasteiger partial charge in [-0.2, -0.15) is 4.58 Å². The van der Waals surface area contributed by atoms with Gasteiger partial charge in [0.05, 0.1) is 5.25 Å². The second kappa shape index (κ2) is 7.75. The van der Waals surface area contributed by atoms with E-state index in [-0.39, 0.29) is 6.04 Å². The maximum absolute atomic E-state index is 2.64. The molecule has 2 nitrogen and oxygen atoms in total. The van der Waals surface area contributed by atoms with Crippen LogP contribution < -0.4 is 9.48 Å². The summed E-state index contributed by atoms with van der Waals surface area (Å²) in [5, 5.41) is 3.14. The summed E-state index contributed by atoms with van der Waals surface area (Å²) in [6.07, 6.45) is 19.5. The first-order valence-corrected chi connectivity index (χ1v) is 15.6. The zero-order chi connectivity index (χ0) is 25.9. The molecule has 2 atom stereocenters. The van der Waals surface area contributed by atoms with Gasteiger partial charge in [-0.3, -0.25) is 0 Å². The molecule has 1 aromatic heterocycles. The van der Waals surface area contributed by atoms with Crippen LogP contribution in [0.3, 0.4) is 0 Å². The Bertz CT molecular complexity index is 2120. The quantitative estimate of drug-likeness (QED) is 0.219. The predicted octanol–water partition coefficient (Wildman–Crippen LogP) is 9.11. The van der Waals surface area contributed by atoms with Gasteiger partial charge in [-0.1, -0.05) is 66.8 Å². The maximum atomic E-state index is 2.64. The molecule has 0 fully saturated rings. The summed E-state index contributed by atoms with van der Waals surface area (Å²) in [6, 6.07) is 25.0. The van der Waals surface area contributed by atoms with Crippen molar-refractivity contribution in [2.75, 3.05) is 4.90 Å². The molecular formula is C36H23N2S2+. The predicted molar refractivity (Wildman–Crippen MR) is 172 cm³/mol. The molecule has 2 unspecified atom stereocenters.